The number of aromatic nitrogens is 1. The van der Waals surface area contributed by atoms with Crippen molar-refractivity contribution in [2.75, 3.05) is 13.2 Å². The van der Waals surface area contributed by atoms with E-state index in [2.05, 4.69) is 4.98 Å². The highest BCUT2D eigenvalue weighted by Gasteiger charge is 2.33. The number of carbonyl (C=O) groups is 2. The van der Waals surface area contributed by atoms with E-state index < -0.39 is 5.97 Å². The molecule has 0 radical (unpaired) electrons. The number of amides is 1. The van der Waals surface area contributed by atoms with Gasteiger partial charge in [-0.3, -0.25) is 19.5 Å². The van der Waals surface area contributed by atoms with Crippen molar-refractivity contribution in [3.05, 3.63) is 35.0 Å². The van der Waals surface area contributed by atoms with Gasteiger partial charge >= 0.3 is 5.97 Å². The minimum atomic E-state index is -0.448. The molecule has 0 N–H and O–H groups in total. The summed E-state index contributed by atoms with van der Waals surface area (Å²) < 4.78 is 5.34. The molecule has 0 saturated carbocycles. The van der Waals surface area contributed by atoms with Crippen molar-refractivity contribution in [3.63, 3.8) is 0 Å². The fraction of sp³-hybridized carbons (Fsp3) is 0.286. The van der Waals surface area contributed by atoms with Crippen LogP contribution in [0.15, 0.2) is 29.4 Å². The smallest absolute Gasteiger partial charge is 0.326 e. The first-order valence-corrected chi connectivity index (χ1v) is 7.65. The van der Waals surface area contributed by atoms with E-state index in [9.17, 15) is 9.59 Å². The minimum absolute atomic E-state index is 0.144. The molecule has 0 aromatic carbocycles. The van der Waals surface area contributed by atoms with Crippen LogP contribution in [0.25, 0.3) is 6.08 Å². The predicted molar refractivity (Wildman–Crippen MR) is 85.4 cm³/mol. The first-order chi connectivity index (χ1) is 10.1. The summed E-state index contributed by atoms with van der Waals surface area (Å²) in [6.07, 6.45) is 5.77. The first-order valence-electron chi connectivity index (χ1n) is 6.43. The van der Waals surface area contributed by atoms with Crippen LogP contribution >= 0.6 is 24.0 Å². The molecule has 1 saturated heterocycles. The third-order valence-electron chi connectivity index (χ3n) is 2.61. The van der Waals surface area contributed by atoms with Crippen LogP contribution in [0.5, 0.6) is 0 Å². The van der Waals surface area contributed by atoms with Gasteiger partial charge in [-0.2, -0.15) is 0 Å². The van der Waals surface area contributed by atoms with Gasteiger partial charge in [0.1, 0.15) is 10.9 Å². The highest BCUT2D eigenvalue weighted by molar-refractivity contribution is 8.26. The normalized spacial score (nSPS) is 16.6. The average Bonchev–Trinajstić information content (AvgIpc) is 2.74. The van der Waals surface area contributed by atoms with Gasteiger partial charge in [-0.25, -0.2) is 0 Å². The van der Waals surface area contributed by atoms with E-state index in [0.29, 0.717) is 15.8 Å². The number of rotatable bonds is 5. The van der Waals surface area contributed by atoms with Crippen LogP contribution < -0.4 is 0 Å². The summed E-state index contributed by atoms with van der Waals surface area (Å²) in [5, 5.41) is 0. The molecule has 0 atom stereocenters. The summed E-state index contributed by atoms with van der Waals surface area (Å²) in [5.74, 6) is -0.724. The molecule has 2 rings (SSSR count). The molecule has 1 aromatic heterocycles. The second kappa shape index (κ2) is 7.33. The maximum absolute atomic E-state index is 12.3. The lowest BCUT2D eigenvalue weighted by atomic mass is 10.2. The largest absolute Gasteiger partial charge is 0.464 e. The van der Waals surface area contributed by atoms with Crippen molar-refractivity contribution in [2.24, 2.45) is 0 Å². The van der Waals surface area contributed by atoms with Gasteiger partial charge in [0.2, 0.25) is 0 Å². The van der Waals surface area contributed by atoms with Crippen molar-refractivity contribution in [2.45, 2.75) is 13.3 Å². The van der Waals surface area contributed by atoms with Crippen molar-refractivity contribution >= 4 is 46.3 Å². The SMILES string of the molecule is CCCOC(=O)CN1C(=O)C(=Cc2cccnc2)SC1=S. The molecule has 1 fully saturated rings. The molecular weight excluding hydrogens is 308 g/mol. The van der Waals surface area contributed by atoms with E-state index in [-0.39, 0.29) is 12.5 Å². The van der Waals surface area contributed by atoms with Gasteiger partial charge in [0.15, 0.2) is 0 Å². The van der Waals surface area contributed by atoms with Gasteiger partial charge < -0.3 is 4.74 Å². The second-order valence-electron chi connectivity index (χ2n) is 4.27. The lowest BCUT2D eigenvalue weighted by molar-refractivity contribution is -0.146. The number of thiocarbonyl (C=S) groups is 1. The molecule has 0 aliphatic carbocycles. The Morgan fingerprint density at radius 1 is 1.57 bits per heavy atom. The number of carbonyl (C=O) groups excluding carboxylic acids is 2. The Bertz CT molecular complexity index is 587. The molecule has 21 heavy (non-hydrogen) atoms. The van der Waals surface area contributed by atoms with E-state index in [1.807, 2.05) is 13.0 Å². The number of nitrogens with zero attached hydrogens (tertiary/aromatic N) is 2. The molecule has 110 valence electrons. The fourth-order valence-electron chi connectivity index (χ4n) is 1.64. The molecule has 1 amide bonds. The molecule has 1 aliphatic rings. The Morgan fingerprint density at radius 3 is 3.05 bits per heavy atom. The number of hydrogen-bond donors (Lipinski definition) is 0. The molecule has 2 heterocycles. The number of ether oxygens (including phenoxy) is 1. The Morgan fingerprint density at radius 2 is 2.38 bits per heavy atom. The first kappa shape index (κ1) is 15.7. The zero-order chi connectivity index (χ0) is 15.2. The van der Waals surface area contributed by atoms with Gasteiger partial charge in [-0.15, -0.1) is 0 Å². The van der Waals surface area contributed by atoms with E-state index in [0.717, 1.165) is 12.0 Å². The molecule has 0 unspecified atom stereocenters. The van der Waals surface area contributed by atoms with Crippen LogP contribution in [0.2, 0.25) is 0 Å². The summed E-state index contributed by atoms with van der Waals surface area (Å²) in [6, 6.07) is 3.63. The van der Waals surface area contributed by atoms with Crippen LogP contribution in [0, 0.1) is 0 Å². The maximum atomic E-state index is 12.3. The van der Waals surface area contributed by atoms with Gasteiger partial charge in [0.25, 0.3) is 5.91 Å². The van der Waals surface area contributed by atoms with Crippen LogP contribution in [-0.2, 0) is 14.3 Å². The lowest BCUT2D eigenvalue weighted by Gasteiger charge is -2.13. The molecule has 0 bridgehead atoms. The standard InChI is InChI=1S/C14H14N2O3S2/c1-2-6-19-12(17)9-16-13(18)11(21-14(16)20)7-10-4-3-5-15-8-10/h3-5,7-8H,2,6,9H2,1H3. The molecular formula is C14H14N2O3S2. The van der Waals surface area contributed by atoms with Crippen molar-refractivity contribution in [1.82, 2.24) is 9.88 Å². The number of esters is 1. The summed E-state index contributed by atoms with van der Waals surface area (Å²) in [6.45, 7) is 2.11. The van der Waals surface area contributed by atoms with Gasteiger partial charge in [0, 0.05) is 12.4 Å². The summed E-state index contributed by atoms with van der Waals surface area (Å²) in [7, 11) is 0. The minimum Gasteiger partial charge on any atom is -0.464 e. The van der Waals surface area contributed by atoms with Crippen molar-refractivity contribution in [1.29, 1.82) is 0 Å². The highest BCUT2D eigenvalue weighted by atomic mass is 32.2. The topological polar surface area (TPSA) is 59.5 Å². The van der Waals surface area contributed by atoms with E-state index in [1.165, 1.54) is 16.7 Å². The molecule has 5 nitrogen and oxygen atoms in total. The average molecular weight is 322 g/mol. The Hall–Kier alpha value is -1.73. The highest BCUT2D eigenvalue weighted by Crippen LogP contribution is 2.32. The quantitative estimate of drug-likeness (QED) is 0.471. The third kappa shape index (κ3) is 4.12. The predicted octanol–water partition coefficient (Wildman–Crippen LogP) is 2.24. The second-order valence-corrected chi connectivity index (χ2v) is 5.95. The van der Waals surface area contributed by atoms with Gasteiger partial charge in [-0.05, 0) is 24.1 Å². The molecule has 0 spiro atoms. The van der Waals surface area contributed by atoms with E-state index in [4.69, 9.17) is 17.0 Å². The molecule has 7 heteroatoms. The van der Waals surface area contributed by atoms with Gasteiger partial charge in [0.05, 0.1) is 11.5 Å². The van der Waals surface area contributed by atoms with Crippen LogP contribution in [0.4, 0.5) is 0 Å². The molecule has 1 aliphatic heterocycles. The third-order valence-corrected chi connectivity index (χ3v) is 3.99. The molecule has 1 aromatic rings. The number of thioether (sulfide) groups is 1. The van der Waals surface area contributed by atoms with Crippen LogP contribution in [0.3, 0.4) is 0 Å². The fourth-order valence-corrected chi connectivity index (χ4v) is 2.89. The van der Waals surface area contributed by atoms with Crippen LogP contribution in [-0.4, -0.2) is 39.2 Å². The van der Waals surface area contributed by atoms with Crippen LogP contribution in [0.1, 0.15) is 18.9 Å². The van der Waals surface area contributed by atoms with E-state index in [1.54, 1.807) is 24.5 Å². The lowest BCUT2D eigenvalue weighted by Crippen LogP contribution is -2.34. The zero-order valence-electron chi connectivity index (χ0n) is 11.4. The summed E-state index contributed by atoms with van der Waals surface area (Å²) in [4.78, 5) is 29.6. The number of hydrogen-bond acceptors (Lipinski definition) is 6. The Balaban J connectivity index is 2.06. The van der Waals surface area contributed by atoms with E-state index >= 15 is 0 Å². The summed E-state index contributed by atoms with van der Waals surface area (Å²) >= 11 is 6.32. The maximum Gasteiger partial charge on any atom is 0.326 e. The summed E-state index contributed by atoms with van der Waals surface area (Å²) in [5.41, 5.74) is 0.812. The monoisotopic (exact) mass is 322 g/mol. The Kier molecular flexibility index (Phi) is 5.46. The zero-order valence-corrected chi connectivity index (χ0v) is 13.1. The van der Waals surface area contributed by atoms with Crippen molar-refractivity contribution in [3.8, 4) is 0 Å². The number of pyridine rings is 1. The van der Waals surface area contributed by atoms with Crippen molar-refractivity contribution < 1.29 is 14.3 Å². The van der Waals surface area contributed by atoms with Gasteiger partial charge in [-0.1, -0.05) is 37.0 Å². The Labute approximate surface area is 132 Å².